The van der Waals surface area contributed by atoms with E-state index in [-0.39, 0.29) is 28.9 Å². The van der Waals surface area contributed by atoms with Crippen LogP contribution in [0.1, 0.15) is 112 Å². The first-order valence-corrected chi connectivity index (χ1v) is 13.8. The van der Waals surface area contributed by atoms with E-state index in [0.29, 0.717) is 12.2 Å². The molecule has 0 radical (unpaired) electrons. The van der Waals surface area contributed by atoms with Gasteiger partial charge in [0.05, 0.1) is 28.8 Å². The Hall–Kier alpha value is -3.42. The molecule has 0 N–H and O–H groups in total. The summed E-state index contributed by atoms with van der Waals surface area (Å²) >= 11 is 0. The molecule has 0 aromatic heterocycles. The number of carbonyl (C=O) groups excluding carboxylic acids is 2. The van der Waals surface area contributed by atoms with Gasteiger partial charge in [0.15, 0.2) is 5.75 Å². The lowest BCUT2D eigenvalue weighted by atomic mass is 10.1. The van der Waals surface area contributed by atoms with Crippen LogP contribution in [0, 0.1) is 10.1 Å². The molecule has 0 aliphatic carbocycles. The SMILES string of the molecule is CCCCCCCCOC(=O)c1ccc(OC(=O)c2ccc(O[C@H](C)CCCCCC)c([N+](=O)[O-])c2)cc1. The molecule has 0 aliphatic rings. The Labute approximate surface area is 225 Å². The lowest BCUT2D eigenvalue weighted by Crippen LogP contribution is -2.14. The van der Waals surface area contributed by atoms with Crippen LogP contribution in [0.15, 0.2) is 42.5 Å². The number of hydrogen-bond donors (Lipinski definition) is 0. The number of esters is 2. The van der Waals surface area contributed by atoms with E-state index >= 15 is 0 Å². The van der Waals surface area contributed by atoms with Crippen LogP contribution in [-0.4, -0.2) is 29.6 Å². The van der Waals surface area contributed by atoms with Crippen molar-refractivity contribution >= 4 is 17.6 Å². The lowest BCUT2D eigenvalue weighted by Gasteiger charge is -2.15. The Morgan fingerprint density at radius 3 is 2.08 bits per heavy atom. The highest BCUT2D eigenvalue weighted by Gasteiger charge is 2.21. The van der Waals surface area contributed by atoms with Crippen LogP contribution < -0.4 is 9.47 Å². The minimum Gasteiger partial charge on any atom is -0.484 e. The average Bonchev–Trinajstić information content (AvgIpc) is 2.91. The van der Waals surface area contributed by atoms with Crippen molar-refractivity contribution in [3.63, 3.8) is 0 Å². The van der Waals surface area contributed by atoms with Gasteiger partial charge < -0.3 is 14.2 Å². The molecule has 0 saturated heterocycles. The highest BCUT2D eigenvalue weighted by Crippen LogP contribution is 2.30. The molecule has 0 bridgehead atoms. The summed E-state index contributed by atoms with van der Waals surface area (Å²) in [5.74, 6) is -0.836. The molecule has 0 fully saturated rings. The fourth-order valence-electron chi connectivity index (χ4n) is 3.98. The minimum atomic E-state index is -0.745. The van der Waals surface area contributed by atoms with Gasteiger partial charge in [0.1, 0.15) is 5.75 Å². The van der Waals surface area contributed by atoms with Crippen molar-refractivity contribution in [1.29, 1.82) is 0 Å². The second-order valence-electron chi connectivity index (χ2n) is 9.54. The van der Waals surface area contributed by atoms with Gasteiger partial charge in [0.25, 0.3) is 0 Å². The molecule has 8 nitrogen and oxygen atoms in total. The molecule has 0 saturated carbocycles. The summed E-state index contributed by atoms with van der Waals surface area (Å²) in [6, 6.07) is 10.1. The maximum absolute atomic E-state index is 12.6. The van der Waals surface area contributed by atoms with Gasteiger partial charge in [-0.3, -0.25) is 10.1 Å². The quantitative estimate of drug-likeness (QED) is 0.0634. The van der Waals surface area contributed by atoms with Gasteiger partial charge in [-0.1, -0.05) is 65.2 Å². The van der Waals surface area contributed by atoms with Gasteiger partial charge in [-0.2, -0.15) is 0 Å². The second-order valence-corrected chi connectivity index (χ2v) is 9.54. The minimum absolute atomic E-state index is 0.0297. The van der Waals surface area contributed by atoms with Gasteiger partial charge in [-0.05, 0) is 62.6 Å². The summed E-state index contributed by atoms with van der Waals surface area (Å²) in [4.78, 5) is 35.9. The van der Waals surface area contributed by atoms with E-state index in [1.807, 2.05) is 6.92 Å². The molecular weight excluding hydrogens is 486 g/mol. The Morgan fingerprint density at radius 2 is 1.42 bits per heavy atom. The molecule has 0 aliphatic heterocycles. The fourth-order valence-corrected chi connectivity index (χ4v) is 3.98. The van der Waals surface area contributed by atoms with Crippen LogP contribution in [0.3, 0.4) is 0 Å². The van der Waals surface area contributed by atoms with Gasteiger partial charge in [0, 0.05) is 6.07 Å². The molecule has 2 rings (SSSR count). The third-order valence-corrected chi connectivity index (χ3v) is 6.22. The standard InChI is InChI=1S/C30H41NO7/c1-4-6-8-10-11-13-21-36-29(32)24-15-18-26(19-16-24)38-30(33)25-17-20-28(27(22-25)31(34)35)37-23(3)14-12-9-7-5-2/h15-20,22-23H,4-14,21H2,1-3H3/t23-/m1/s1. The summed E-state index contributed by atoms with van der Waals surface area (Å²) in [7, 11) is 0. The third-order valence-electron chi connectivity index (χ3n) is 6.22. The smallest absolute Gasteiger partial charge is 0.343 e. The number of carbonyl (C=O) groups is 2. The number of unbranched alkanes of at least 4 members (excludes halogenated alkanes) is 8. The predicted octanol–water partition coefficient (Wildman–Crippen LogP) is 8.07. The van der Waals surface area contributed by atoms with Crippen LogP contribution in [0.25, 0.3) is 0 Å². The number of hydrogen-bond acceptors (Lipinski definition) is 7. The summed E-state index contributed by atoms with van der Waals surface area (Å²) < 4.78 is 16.5. The van der Waals surface area contributed by atoms with E-state index in [4.69, 9.17) is 14.2 Å². The molecule has 208 valence electrons. The van der Waals surface area contributed by atoms with Crippen molar-refractivity contribution in [2.45, 2.75) is 97.5 Å². The molecule has 1 atom stereocenters. The van der Waals surface area contributed by atoms with Crippen LogP contribution in [0.5, 0.6) is 11.5 Å². The molecule has 0 heterocycles. The van der Waals surface area contributed by atoms with Crippen LogP contribution in [-0.2, 0) is 4.74 Å². The normalized spacial score (nSPS) is 11.6. The fraction of sp³-hybridized carbons (Fsp3) is 0.533. The highest BCUT2D eigenvalue weighted by molar-refractivity contribution is 5.93. The van der Waals surface area contributed by atoms with Gasteiger partial charge in [-0.15, -0.1) is 0 Å². The zero-order valence-electron chi connectivity index (χ0n) is 22.9. The molecule has 0 spiro atoms. The van der Waals surface area contributed by atoms with Gasteiger partial charge in [-0.25, -0.2) is 9.59 Å². The number of rotatable bonds is 18. The van der Waals surface area contributed by atoms with E-state index in [2.05, 4.69) is 13.8 Å². The van der Waals surface area contributed by atoms with E-state index in [1.54, 1.807) is 0 Å². The van der Waals surface area contributed by atoms with Crippen molar-refractivity contribution < 1.29 is 28.7 Å². The molecular formula is C30H41NO7. The monoisotopic (exact) mass is 527 g/mol. The van der Waals surface area contributed by atoms with E-state index < -0.39 is 16.9 Å². The Bertz CT molecular complexity index is 1020. The van der Waals surface area contributed by atoms with Crippen molar-refractivity contribution in [3.05, 3.63) is 63.7 Å². The first-order valence-electron chi connectivity index (χ1n) is 13.8. The zero-order valence-corrected chi connectivity index (χ0v) is 22.9. The van der Waals surface area contributed by atoms with Gasteiger partial charge >= 0.3 is 17.6 Å². The van der Waals surface area contributed by atoms with Crippen LogP contribution >= 0.6 is 0 Å². The molecule has 2 aromatic rings. The van der Waals surface area contributed by atoms with Crippen molar-refractivity contribution in [3.8, 4) is 11.5 Å². The molecule has 38 heavy (non-hydrogen) atoms. The van der Waals surface area contributed by atoms with Crippen molar-refractivity contribution in [1.82, 2.24) is 0 Å². The highest BCUT2D eigenvalue weighted by atomic mass is 16.6. The second kappa shape index (κ2) is 17.2. The molecule has 8 heteroatoms. The number of ether oxygens (including phenoxy) is 3. The summed E-state index contributed by atoms with van der Waals surface area (Å²) in [5, 5.41) is 11.6. The first kappa shape index (κ1) is 30.8. The Balaban J connectivity index is 1.90. The summed E-state index contributed by atoms with van der Waals surface area (Å²) in [6.45, 7) is 6.56. The lowest BCUT2D eigenvalue weighted by molar-refractivity contribution is -0.386. The van der Waals surface area contributed by atoms with Gasteiger partial charge in [0.2, 0.25) is 0 Å². The van der Waals surface area contributed by atoms with Crippen LogP contribution in [0.4, 0.5) is 5.69 Å². The largest absolute Gasteiger partial charge is 0.484 e. The molecule has 2 aromatic carbocycles. The Kier molecular flexibility index (Phi) is 13.9. The van der Waals surface area contributed by atoms with E-state index in [1.165, 1.54) is 55.7 Å². The number of nitro benzene ring substituents is 1. The number of nitro groups is 1. The zero-order chi connectivity index (χ0) is 27.8. The van der Waals surface area contributed by atoms with E-state index in [0.717, 1.165) is 57.4 Å². The Morgan fingerprint density at radius 1 is 0.816 bits per heavy atom. The first-order chi connectivity index (χ1) is 18.3. The topological polar surface area (TPSA) is 105 Å². The van der Waals surface area contributed by atoms with Crippen molar-refractivity contribution in [2.24, 2.45) is 0 Å². The number of benzene rings is 2. The summed E-state index contributed by atoms with van der Waals surface area (Å²) in [5.41, 5.74) is 0.0992. The maximum Gasteiger partial charge on any atom is 0.343 e. The maximum atomic E-state index is 12.6. The van der Waals surface area contributed by atoms with E-state index in [9.17, 15) is 19.7 Å². The third kappa shape index (κ3) is 10.9. The molecule has 0 amide bonds. The average molecular weight is 528 g/mol. The summed E-state index contributed by atoms with van der Waals surface area (Å²) in [6.07, 6.45) is 11.6. The molecule has 0 unspecified atom stereocenters. The predicted molar refractivity (Wildman–Crippen MR) is 147 cm³/mol. The number of nitrogens with zero attached hydrogens (tertiary/aromatic N) is 1. The van der Waals surface area contributed by atoms with Crippen LogP contribution in [0.2, 0.25) is 0 Å². The van der Waals surface area contributed by atoms with Crippen molar-refractivity contribution in [2.75, 3.05) is 6.61 Å².